The topological polar surface area (TPSA) is 358 Å². The molecule has 6 aliphatic heterocycles. The van der Waals surface area contributed by atoms with Gasteiger partial charge in [0.15, 0.2) is 12.2 Å². The largest absolute Gasteiger partial charge is 0.452 e. The summed E-state index contributed by atoms with van der Waals surface area (Å²) < 4.78 is 22.2. The maximum Gasteiger partial charge on any atom is 0.310 e. The predicted octanol–water partition coefficient (Wildman–Crippen LogP) is 6.11. The number of cyclic esters (lactones) is 2. The van der Waals surface area contributed by atoms with Crippen LogP contribution in [0.2, 0.25) is 0 Å². The van der Waals surface area contributed by atoms with E-state index in [0.717, 1.165) is 110 Å². The van der Waals surface area contributed by atoms with E-state index < -0.39 is 77.9 Å². The number of nitrogens with zero attached hydrogens (tertiary/aromatic N) is 7. The van der Waals surface area contributed by atoms with Gasteiger partial charge in [-0.3, -0.25) is 68.1 Å². The van der Waals surface area contributed by atoms with E-state index in [1.165, 1.54) is 16.9 Å². The Morgan fingerprint density at radius 1 is 0.551 bits per heavy atom. The number of allylic oxidation sites excluding steroid dienone is 2. The van der Waals surface area contributed by atoms with Gasteiger partial charge in [-0.2, -0.15) is 0 Å². The zero-order valence-corrected chi connectivity index (χ0v) is 63.8. The standard InChI is InChI=1S/C39H55N7O7.C33H43N5O6.C6H14N2O2/c1-25(2)35-37(48)42-28(5)38(49)46-15-7-10-34(43-46)36(47)41-27(4)30-13-14-31-24-40-33(23-32(31)22-30)9-6-8-29(39(50)53-35)12-11-26(3)44-52-21-18-45-16-19-51-20-17-45;1-19(2)29-31(41)36-22(5)32(42)38-15-7-10-28(37-38)30(40)35-21(4)24-13-14-25-18-34-27(17-26(25)16-24)9-6-8-23(33(43)44-29)12-11-20(3)39;7-10-6-3-8-1-4-9-5-2-8/h6,9,13-14,22-25,27-29,34-35,43H,7-8,10-12,15-21H2,1-5H3,(H,41,47)(H,42,48);6,9,13-14,16-19,21-23,28-29,37H,7-8,10-12,15H2,1-5H3,(H,35,40)(H,36,41);1-7H2/b9-6+,44-26?;9-6+;/t27-,28+,29+,34+,35+;21-,22+,23+,28+,29+;/m11./s1. The minimum absolute atomic E-state index is 0.0450. The molecule has 8 heterocycles. The number of morpholine rings is 2. The highest BCUT2D eigenvalue weighted by molar-refractivity contribution is 5.93. The van der Waals surface area contributed by atoms with Gasteiger partial charge in [0.05, 0.1) is 74.1 Å². The third kappa shape index (κ3) is 26.0. The lowest BCUT2D eigenvalue weighted by Crippen LogP contribution is -2.61. The van der Waals surface area contributed by atoms with Crippen molar-refractivity contribution in [3.8, 4) is 0 Å². The van der Waals surface area contributed by atoms with Crippen molar-refractivity contribution in [2.45, 2.75) is 182 Å². The number of ketones is 1. The molecule has 29 heteroatoms. The highest BCUT2D eigenvalue weighted by atomic mass is 16.6. The van der Waals surface area contributed by atoms with E-state index in [1.807, 2.05) is 93.6 Å². The number of rotatable bonds is 15. The van der Waals surface area contributed by atoms with Crippen LogP contribution in [0.4, 0.5) is 0 Å². The van der Waals surface area contributed by atoms with Crippen molar-refractivity contribution in [3.63, 3.8) is 0 Å². The summed E-state index contributed by atoms with van der Waals surface area (Å²) in [5.74, 6) is -0.579. The highest BCUT2D eigenvalue weighted by Gasteiger charge is 2.38. The third-order valence-electron chi connectivity index (χ3n) is 19.7. The summed E-state index contributed by atoms with van der Waals surface area (Å²) in [7, 11) is 0. The van der Waals surface area contributed by atoms with Gasteiger partial charge in [-0.1, -0.05) is 69.3 Å². The molecule has 2 aromatic carbocycles. The van der Waals surface area contributed by atoms with Crippen LogP contribution in [-0.2, 0) is 71.8 Å². The fourth-order valence-electron chi connectivity index (χ4n) is 13.1. The van der Waals surface area contributed by atoms with Gasteiger partial charge in [-0.05, 0) is 169 Å². The van der Waals surface area contributed by atoms with Gasteiger partial charge >= 0.3 is 11.9 Å². The normalized spacial score (nSPS) is 26.0. The van der Waals surface area contributed by atoms with Crippen LogP contribution in [0.15, 0.2) is 78.2 Å². The van der Waals surface area contributed by atoms with E-state index >= 15 is 0 Å². The molecule has 4 aromatic rings. The van der Waals surface area contributed by atoms with Gasteiger partial charge in [0.1, 0.15) is 36.6 Å². The van der Waals surface area contributed by atoms with Crippen LogP contribution in [-0.4, -0.2) is 217 Å². The molecule has 0 spiro atoms. The van der Waals surface area contributed by atoms with Gasteiger partial charge in [0.2, 0.25) is 11.8 Å². The molecule has 8 N–H and O–H groups in total. The van der Waals surface area contributed by atoms with Gasteiger partial charge in [-0.25, -0.2) is 16.7 Å². The molecule has 2 aromatic heterocycles. The Hall–Kier alpha value is -8.68. The Bertz CT molecular complexity index is 3770. The minimum Gasteiger partial charge on any atom is -0.452 e. The quantitative estimate of drug-likeness (QED) is 0.0305. The molecular formula is C78H112N14O15. The van der Waals surface area contributed by atoms with Crippen molar-refractivity contribution < 1.29 is 71.8 Å². The number of hydrogen-bond acceptors (Lipinski definition) is 23. The van der Waals surface area contributed by atoms with Crippen LogP contribution >= 0.6 is 0 Å². The van der Waals surface area contributed by atoms with Gasteiger partial charge < -0.3 is 54.7 Å². The molecule has 0 aliphatic carbocycles. The average molecular weight is 1490 g/mol. The molecule has 10 rings (SSSR count). The van der Waals surface area contributed by atoms with Crippen molar-refractivity contribution in [2.75, 3.05) is 92.0 Å². The number of hydrogen-bond donors (Lipinski definition) is 7. The number of carbonyl (C=O) groups excluding carboxylic acids is 9. The number of esters is 2. The summed E-state index contributed by atoms with van der Waals surface area (Å²) in [4.78, 5) is 143. The van der Waals surface area contributed by atoms with Crippen LogP contribution in [0.25, 0.3) is 33.7 Å². The first-order valence-corrected chi connectivity index (χ1v) is 37.8. The Morgan fingerprint density at radius 2 is 0.972 bits per heavy atom. The van der Waals surface area contributed by atoms with Crippen LogP contribution in [0.3, 0.4) is 0 Å². The van der Waals surface area contributed by atoms with Crippen molar-refractivity contribution >= 4 is 92.6 Å². The van der Waals surface area contributed by atoms with Crippen molar-refractivity contribution in [2.24, 2.45) is 34.7 Å². The summed E-state index contributed by atoms with van der Waals surface area (Å²) in [5, 5.41) is 22.5. The molecule has 584 valence electrons. The SMILES string of the molecule is CC(=O)CC[C@@H]1C/C=C/c2cc3cc(ccc3cn2)[C@@H](C)NC(=O)[C@@H]2CCCN(N2)C(=O)[C@H](C)NC(=O)[C@H](C(C)C)OC1=O.CC(CC[C@@H]1C/C=C/c2cc3cc(ccc3cn2)[C@@H](C)NC(=O)[C@@H]2CCCN(N2)C(=O)[C@H](C)NC(=O)[C@H](C(C)C)OC1=O)=NOCCN1CCOCC1.NOCCN1CCOCC1. The lowest BCUT2D eigenvalue weighted by Gasteiger charge is -2.35. The molecule has 0 radical (unpaired) electrons. The number of oxime groups is 1. The Kier molecular flexibility index (Phi) is 33.1. The fourth-order valence-corrected chi connectivity index (χ4v) is 13.1. The molecule has 4 saturated heterocycles. The number of pyridine rings is 2. The van der Waals surface area contributed by atoms with Gasteiger partial charge in [0.25, 0.3) is 23.6 Å². The van der Waals surface area contributed by atoms with Crippen LogP contribution < -0.4 is 38.0 Å². The van der Waals surface area contributed by atoms with Crippen molar-refractivity contribution in [1.29, 1.82) is 0 Å². The predicted molar refractivity (Wildman–Crippen MR) is 404 cm³/mol. The van der Waals surface area contributed by atoms with Gasteiger partial charge in [0, 0.05) is 81.9 Å². The smallest absolute Gasteiger partial charge is 0.310 e. The Labute approximate surface area is 627 Å². The maximum atomic E-state index is 13.8. The maximum absolute atomic E-state index is 13.8. The van der Waals surface area contributed by atoms with Crippen LogP contribution in [0, 0.1) is 23.7 Å². The van der Waals surface area contributed by atoms with E-state index in [2.05, 4.69) is 61.9 Å². The molecule has 10 atom stereocenters. The minimum atomic E-state index is -1.13. The fraction of sp³-hybridized carbons (Fsp3) is 0.590. The average Bonchev–Trinajstić information content (AvgIpc) is 0.825. The third-order valence-corrected chi connectivity index (χ3v) is 19.7. The lowest BCUT2D eigenvalue weighted by molar-refractivity contribution is -0.163. The first-order chi connectivity index (χ1) is 51.3. The zero-order valence-electron chi connectivity index (χ0n) is 63.8. The first kappa shape index (κ1) is 84.0. The zero-order chi connectivity index (χ0) is 77.1. The number of Topliss-reactive ketones (excluding diaryl/α,β-unsaturated/α-hetero) is 1. The van der Waals surface area contributed by atoms with E-state index in [0.29, 0.717) is 76.9 Å². The van der Waals surface area contributed by atoms with E-state index in [9.17, 15) is 43.2 Å². The lowest BCUT2D eigenvalue weighted by atomic mass is 9.97. The Balaban J connectivity index is 0.000000241. The number of hydrazine groups is 2. The number of nitrogens with one attached hydrogen (secondary N) is 6. The number of fused-ring (bicyclic) bond motifs is 8. The Morgan fingerprint density at radius 3 is 1.39 bits per heavy atom. The number of nitrogens with two attached hydrogens (primary N) is 1. The van der Waals surface area contributed by atoms with E-state index in [4.69, 9.17) is 29.7 Å². The summed E-state index contributed by atoms with van der Waals surface area (Å²) in [5.41, 5.74) is 10.1. The van der Waals surface area contributed by atoms with Crippen molar-refractivity contribution in [1.82, 2.24) is 61.9 Å². The molecule has 6 aliphatic rings. The summed E-state index contributed by atoms with van der Waals surface area (Å²) >= 11 is 0. The molecule has 0 saturated carbocycles. The van der Waals surface area contributed by atoms with Crippen molar-refractivity contribution in [3.05, 3.63) is 95.6 Å². The number of amides is 6. The molecule has 107 heavy (non-hydrogen) atoms. The second kappa shape index (κ2) is 42.2. The highest BCUT2D eigenvalue weighted by Crippen LogP contribution is 2.27. The second-order valence-electron chi connectivity index (χ2n) is 29.1. The number of aromatic nitrogens is 2. The number of ether oxygens (including phenoxy) is 4. The van der Waals surface area contributed by atoms with E-state index in [-0.39, 0.29) is 66.7 Å². The number of carbonyl (C=O) groups is 9. The molecule has 0 unspecified atom stereocenters. The molecule has 6 amide bonds. The van der Waals surface area contributed by atoms with Gasteiger partial charge in [-0.15, -0.1) is 0 Å². The van der Waals surface area contributed by atoms with Crippen LogP contribution in [0.5, 0.6) is 0 Å². The summed E-state index contributed by atoms with van der Waals surface area (Å²) in [6.45, 7) is 27.8. The van der Waals surface area contributed by atoms with E-state index in [1.54, 1.807) is 53.9 Å². The first-order valence-electron chi connectivity index (χ1n) is 37.8. The molecule has 4 fully saturated rings. The summed E-state index contributed by atoms with van der Waals surface area (Å²) in [6.07, 6.45) is 13.1. The molecule has 29 nitrogen and oxygen atoms in total. The monoisotopic (exact) mass is 1480 g/mol. The number of benzene rings is 2. The molecule has 10 bridgehead atoms. The molecular weight excluding hydrogens is 1370 g/mol. The summed E-state index contributed by atoms with van der Waals surface area (Å²) in [6, 6.07) is 12.2. The second-order valence-corrected chi connectivity index (χ2v) is 29.1. The van der Waals surface area contributed by atoms with Crippen LogP contribution in [0.1, 0.15) is 168 Å².